The van der Waals surface area contributed by atoms with E-state index in [9.17, 15) is 4.79 Å². The molecule has 7 nitrogen and oxygen atoms in total. The first-order valence-electron chi connectivity index (χ1n) is 10.6. The van der Waals surface area contributed by atoms with Gasteiger partial charge in [-0.3, -0.25) is 9.78 Å². The van der Waals surface area contributed by atoms with Crippen LogP contribution in [0.4, 0.5) is 0 Å². The Kier molecular flexibility index (Phi) is 5.26. The minimum atomic E-state index is -0.585. The van der Waals surface area contributed by atoms with Crippen molar-refractivity contribution >= 4 is 16.8 Å². The van der Waals surface area contributed by atoms with Crippen LogP contribution >= 0.6 is 0 Å². The predicted molar refractivity (Wildman–Crippen MR) is 117 cm³/mol. The number of aryl methyl sites for hydroxylation is 2. The second-order valence-corrected chi connectivity index (χ2v) is 8.02. The fraction of sp³-hybridized carbons (Fsp3) is 0.292. The molecular formula is C24H25N5O2. The van der Waals surface area contributed by atoms with Gasteiger partial charge in [-0.15, -0.1) is 0 Å². The maximum Gasteiger partial charge on any atom is 0.240 e. The third-order valence-electron chi connectivity index (χ3n) is 5.87. The number of H-pyrrole nitrogens is 1. The molecule has 0 saturated heterocycles. The van der Waals surface area contributed by atoms with Crippen LogP contribution < -0.4 is 5.73 Å². The summed E-state index contributed by atoms with van der Waals surface area (Å²) in [5.74, 6) is 1.55. The van der Waals surface area contributed by atoms with Crippen LogP contribution in [0.1, 0.15) is 28.5 Å². The molecule has 5 rings (SSSR count). The second kappa shape index (κ2) is 8.35. The van der Waals surface area contributed by atoms with Gasteiger partial charge in [0, 0.05) is 48.9 Å². The molecule has 3 N–H and O–H groups in total. The summed E-state index contributed by atoms with van der Waals surface area (Å²) >= 11 is 0. The van der Waals surface area contributed by atoms with Crippen LogP contribution in [0, 0.1) is 0 Å². The van der Waals surface area contributed by atoms with Crippen molar-refractivity contribution < 1.29 is 9.21 Å². The highest BCUT2D eigenvalue weighted by molar-refractivity contribution is 5.86. The lowest BCUT2D eigenvalue weighted by Gasteiger charge is -2.27. The SMILES string of the molecule is N[C@H](Cc1c[nH]c2ccccc12)C(=O)N1CCc2oc(CCc3cccnc3)nc2C1. The number of pyridine rings is 1. The molecule has 3 aromatic heterocycles. The standard InChI is InChI=1S/C24H25N5O2/c25-19(12-17-14-27-20-6-2-1-5-18(17)20)24(30)29-11-9-22-21(15-29)28-23(31-22)8-7-16-4-3-10-26-13-16/h1-6,10,13-14,19,27H,7-9,11-12,15,25H2/t19-/m1/s1. The number of nitrogens with one attached hydrogen (secondary N) is 1. The van der Waals surface area contributed by atoms with Gasteiger partial charge >= 0.3 is 0 Å². The largest absolute Gasteiger partial charge is 0.445 e. The third-order valence-corrected chi connectivity index (χ3v) is 5.87. The Hall–Kier alpha value is -3.45. The average Bonchev–Trinajstić information content (AvgIpc) is 3.41. The molecule has 1 atom stereocenters. The summed E-state index contributed by atoms with van der Waals surface area (Å²) in [5, 5.41) is 1.11. The van der Waals surface area contributed by atoms with Gasteiger partial charge < -0.3 is 20.0 Å². The molecule has 0 fully saturated rings. The molecule has 0 aliphatic carbocycles. The second-order valence-electron chi connectivity index (χ2n) is 8.02. The summed E-state index contributed by atoms with van der Waals surface area (Å²) in [5.41, 5.74) is 10.4. The summed E-state index contributed by atoms with van der Waals surface area (Å²) in [6.45, 7) is 1.05. The van der Waals surface area contributed by atoms with Crippen LogP contribution in [0.25, 0.3) is 10.9 Å². The molecule has 4 aromatic rings. The first-order chi connectivity index (χ1) is 15.2. The molecule has 0 radical (unpaired) electrons. The zero-order chi connectivity index (χ0) is 21.2. The fourth-order valence-electron chi connectivity index (χ4n) is 4.20. The number of aromatic nitrogens is 3. The van der Waals surface area contributed by atoms with Gasteiger partial charge in [-0.2, -0.15) is 0 Å². The molecule has 0 saturated carbocycles. The van der Waals surface area contributed by atoms with Crippen molar-refractivity contribution in [1.29, 1.82) is 0 Å². The van der Waals surface area contributed by atoms with Crippen molar-refractivity contribution in [2.24, 2.45) is 5.73 Å². The van der Waals surface area contributed by atoms with E-state index in [-0.39, 0.29) is 5.91 Å². The molecule has 1 aliphatic heterocycles. The summed E-state index contributed by atoms with van der Waals surface area (Å²) in [6.07, 6.45) is 8.28. The van der Waals surface area contributed by atoms with Gasteiger partial charge in [-0.1, -0.05) is 24.3 Å². The van der Waals surface area contributed by atoms with E-state index in [1.54, 1.807) is 11.1 Å². The van der Waals surface area contributed by atoms with E-state index in [2.05, 4.69) is 15.0 Å². The molecule has 1 amide bonds. The molecule has 31 heavy (non-hydrogen) atoms. The number of amides is 1. The number of benzene rings is 1. The van der Waals surface area contributed by atoms with Crippen LogP contribution in [-0.2, 0) is 37.0 Å². The lowest BCUT2D eigenvalue weighted by atomic mass is 10.0. The summed E-state index contributed by atoms with van der Waals surface area (Å²) in [6, 6.07) is 11.4. The normalized spacial score (nSPS) is 14.5. The first kappa shape index (κ1) is 19.5. The van der Waals surface area contributed by atoms with Crippen LogP contribution in [0.15, 0.2) is 59.4 Å². The molecule has 0 bridgehead atoms. The third kappa shape index (κ3) is 4.09. The number of hydrogen-bond acceptors (Lipinski definition) is 5. The van der Waals surface area contributed by atoms with Crippen LogP contribution in [0.5, 0.6) is 0 Å². The smallest absolute Gasteiger partial charge is 0.240 e. The average molecular weight is 415 g/mol. The van der Waals surface area contributed by atoms with E-state index >= 15 is 0 Å². The zero-order valence-electron chi connectivity index (χ0n) is 17.3. The molecule has 0 unspecified atom stereocenters. The van der Waals surface area contributed by atoms with Gasteiger partial charge in [0.2, 0.25) is 5.91 Å². The van der Waals surface area contributed by atoms with Gasteiger partial charge in [0.25, 0.3) is 0 Å². The highest BCUT2D eigenvalue weighted by Crippen LogP contribution is 2.23. The van der Waals surface area contributed by atoms with Crippen molar-refractivity contribution in [2.75, 3.05) is 6.54 Å². The van der Waals surface area contributed by atoms with Gasteiger partial charge in [-0.25, -0.2) is 4.98 Å². The topological polar surface area (TPSA) is 101 Å². The Balaban J connectivity index is 1.22. The number of aromatic amines is 1. The number of rotatable bonds is 6. The van der Waals surface area contributed by atoms with Crippen LogP contribution in [0.3, 0.4) is 0 Å². The van der Waals surface area contributed by atoms with E-state index in [0.29, 0.717) is 38.2 Å². The summed E-state index contributed by atoms with van der Waals surface area (Å²) in [7, 11) is 0. The highest BCUT2D eigenvalue weighted by Gasteiger charge is 2.28. The maximum absolute atomic E-state index is 13.0. The molecule has 4 heterocycles. The van der Waals surface area contributed by atoms with E-state index in [1.165, 1.54) is 0 Å². The number of nitrogens with two attached hydrogens (primary N) is 1. The number of carbonyl (C=O) groups excluding carboxylic acids is 1. The van der Waals surface area contributed by atoms with Crippen molar-refractivity contribution in [3.05, 3.63) is 83.5 Å². The van der Waals surface area contributed by atoms with Gasteiger partial charge in [-0.05, 0) is 36.1 Å². The first-order valence-corrected chi connectivity index (χ1v) is 10.6. The minimum Gasteiger partial charge on any atom is -0.445 e. The van der Waals surface area contributed by atoms with Crippen LogP contribution in [0.2, 0.25) is 0 Å². The monoisotopic (exact) mass is 415 g/mol. The van der Waals surface area contributed by atoms with E-state index in [1.807, 2.05) is 48.8 Å². The number of carbonyl (C=O) groups is 1. The Morgan fingerprint density at radius 2 is 2.13 bits per heavy atom. The summed E-state index contributed by atoms with van der Waals surface area (Å²) in [4.78, 5) is 26.8. The fourth-order valence-corrected chi connectivity index (χ4v) is 4.20. The molecule has 0 spiro atoms. The Bertz CT molecular complexity index is 1200. The number of oxazole rings is 1. The van der Waals surface area contributed by atoms with Crippen molar-refractivity contribution in [3.8, 4) is 0 Å². The van der Waals surface area contributed by atoms with Gasteiger partial charge in [0.1, 0.15) is 11.5 Å². The van der Waals surface area contributed by atoms with Crippen molar-refractivity contribution in [2.45, 2.75) is 38.3 Å². The van der Waals surface area contributed by atoms with Crippen LogP contribution in [-0.4, -0.2) is 38.3 Å². The Labute approximate surface area is 180 Å². The lowest BCUT2D eigenvalue weighted by Crippen LogP contribution is -2.46. The lowest BCUT2D eigenvalue weighted by molar-refractivity contribution is -0.133. The number of hydrogen-bond donors (Lipinski definition) is 2. The number of nitrogens with zero attached hydrogens (tertiary/aromatic N) is 3. The quantitative estimate of drug-likeness (QED) is 0.504. The predicted octanol–water partition coefficient (Wildman–Crippen LogP) is 2.79. The Morgan fingerprint density at radius 1 is 1.23 bits per heavy atom. The Morgan fingerprint density at radius 3 is 3.00 bits per heavy atom. The molecule has 1 aliphatic rings. The molecular weight excluding hydrogens is 390 g/mol. The van der Waals surface area contributed by atoms with Crippen molar-refractivity contribution in [1.82, 2.24) is 19.9 Å². The highest BCUT2D eigenvalue weighted by atomic mass is 16.4. The summed E-state index contributed by atoms with van der Waals surface area (Å²) < 4.78 is 5.94. The number of para-hydroxylation sites is 1. The minimum absolute atomic E-state index is 0.0455. The molecule has 7 heteroatoms. The van der Waals surface area contributed by atoms with Crippen molar-refractivity contribution in [3.63, 3.8) is 0 Å². The van der Waals surface area contributed by atoms with Gasteiger partial charge in [0.15, 0.2) is 5.89 Å². The maximum atomic E-state index is 13.0. The molecule has 158 valence electrons. The molecule has 1 aromatic carbocycles. The van der Waals surface area contributed by atoms with E-state index in [4.69, 9.17) is 10.2 Å². The van der Waals surface area contributed by atoms with E-state index < -0.39 is 6.04 Å². The van der Waals surface area contributed by atoms with E-state index in [0.717, 1.165) is 39.9 Å². The zero-order valence-corrected chi connectivity index (χ0v) is 17.3. The number of fused-ring (bicyclic) bond motifs is 2. The van der Waals surface area contributed by atoms with Gasteiger partial charge in [0.05, 0.1) is 12.6 Å².